The molecule has 0 spiro atoms. The highest BCUT2D eigenvalue weighted by Gasteiger charge is 2.40. The van der Waals surface area contributed by atoms with Gasteiger partial charge in [-0.3, -0.25) is 14.6 Å². The molecule has 5 nitrogen and oxygen atoms in total. The van der Waals surface area contributed by atoms with Gasteiger partial charge in [-0.25, -0.2) is 0 Å². The topological polar surface area (TPSA) is 70.5 Å². The molecule has 206 valence electrons. The standard InChI is InChI=1S/C30H37F3N2O3/c1-20(2)25-17-22(16-21-11-13-29(38,14-12-21)27-8-3-4-15-34-27)19-35(25)28(37)10-9-26(36)23-6-5-7-24(18-23)30(31,32)33/h3-8,15,18,20-22,25,38H,9-14,16-17,19H2,1-2H3/t21?,22?,25-,29?/m0/s1. The number of rotatable bonds is 8. The van der Waals surface area contributed by atoms with Crippen molar-refractivity contribution in [3.05, 3.63) is 65.5 Å². The Hall–Kier alpha value is -2.74. The summed E-state index contributed by atoms with van der Waals surface area (Å²) in [6, 6.07) is 10.1. The monoisotopic (exact) mass is 530 g/mol. The first-order valence-electron chi connectivity index (χ1n) is 13.6. The van der Waals surface area contributed by atoms with E-state index in [1.54, 1.807) is 6.20 Å². The van der Waals surface area contributed by atoms with Gasteiger partial charge in [-0.05, 0) is 80.5 Å². The van der Waals surface area contributed by atoms with Crippen LogP contribution in [0.1, 0.15) is 86.8 Å². The summed E-state index contributed by atoms with van der Waals surface area (Å²) in [6.07, 6.45) is 2.15. The lowest BCUT2D eigenvalue weighted by atomic mass is 9.74. The van der Waals surface area contributed by atoms with Crippen molar-refractivity contribution < 1.29 is 27.9 Å². The zero-order valence-electron chi connectivity index (χ0n) is 22.1. The third kappa shape index (κ3) is 6.63. The fourth-order valence-corrected chi connectivity index (χ4v) is 6.18. The zero-order valence-corrected chi connectivity index (χ0v) is 22.1. The number of likely N-dealkylation sites (tertiary alicyclic amines) is 1. The number of alkyl halides is 3. The van der Waals surface area contributed by atoms with Crippen molar-refractivity contribution >= 4 is 11.7 Å². The van der Waals surface area contributed by atoms with Gasteiger partial charge in [0.05, 0.1) is 11.3 Å². The molecule has 1 aromatic heterocycles. The Labute approximate surface area is 222 Å². The number of hydrogen-bond donors (Lipinski definition) is 1. The third-order valence-corrected chi connectivity index (χ3v) is 8.34. The first-order valence-corrected chi connectivity index (χ1v) is 13.6. The Kier molecular flexibility index (Phi) is 8.60. The summed E-state index contributed by atoms with van der Waals surface area (Å²) < 4.78 is 39.0. The van der Waals surface area contributed by atoms with Gasteiger partial charge in [-0.1, -0.05) is 32.0 Å². The van der Waals surface area contributed by atoms with Gasteiger partial charge < -0.3 is 10.0 Å². The predicted octanol–water partition coefficient (Wildman–Crippen LogP) is 6.40. The van der Waals surface area contributed by atoms with Crippen LogP contribution in [0.3, 0.4) is 0 Å². The Morgan fingerprint density at radius 3 is 2.45 bits per heavy atom. The molecule has 2 heterocycles. The van der Waals surface area contributed by atoms with Crippen molar-refractivity contribution in [1.82, 2.24) is 9.88 Å². The molecule has 2 aliphatic rings. The lowest BCUT2D eigenvalue weighted by molar-refractivity contribution is -0.137. The molecule has 4 rings (SSSR count). The first kappa shape index (κ1) is 28.3. The highest BCUT2D eigenvalue weighted by molar-refractivity contribution is 5.98. The molecule has 2 aromatic rings. The number of Topliss-reactive ketones (excluding diaryl/α,β-unsaturated/α-hetero) is 1. The summed E-state index contributed by atoms with van der Waals surface area (Å²) in [5.41, 5.74) is -1.02. The van der Waals surface area contributed by atoms with E-state index in [2.05, 4.69) is 18.8 Å². The lowest BCUT2D eigenvalue weighted by Gasteiger charge is -2.36. The van der Waals surface area contributed by atoms with Crippen molar-refractivity contribution in [3.63, 3.8) is 0 Å². The van der Waals surface area contributed by atoms with E-state index in [1.165, 1.54) is 12.1 Å². The number of nitrogens with zero attached hydrogens (tertiary/aromatic N) is 2. The van der Waals surface area contributed by atoms with Gasteiger partial charge in [0, 0.05) is 37.2 Å². The number of pyridine rings is 1. The van der Waals surface area contributed by atoms with Crippen LogP contribution in [0.25, 0.3) is 0 Å². The molecule has 1 aliphatic carbocycles. The van der Waals surface area contributed by atoms with Crippen molar-refractivity contribution in [1.29, 1.82) is 0 Å². The quantitative estimate of drug-likeness (QED) is 0.401. The van der Waals surface area contributed by atoms with E-state index in [0.717, 1.165) is 43.5 Å². The van der Waals surface area contributed by atoms with E-state index >= 15 is 0 Å². The van der Waals surface area contributed by atoms with Crippen LogP contribution >= 0.6 is 0 Å². The molecule has 38 heavy (non-hydrogen) atoms. The third-order valence-electron chi connectivity index (χ3n) is 8.34. The van der Waals surface area contributed by atoms with Crippen molar-refractivity contribution in [3.8, 4) is 0 Å². The number of halogens is 3. The molecule has 1 amide bonds. The molecule has 2 fully saturated rings. The SMILES string of the molecule is CC(C)[C@@H]1CC(CC2CCC(O)(c3ccccn3)CC2)CN1C(=O)CCC(=O)c1cccc(C(F)(F)F)c1. The average molecular weight is 531 g/mol. The minimum atomic E-state index is -4.52. The number of hydrogen-bond acceptors (Lipinski definition) is 4. The maximum atomic E-state index is 13.2. The highest BCUT2D eigenvalue weighted by Crippen LogP contribution is 2.42. The number of amides is 1. The zero-order chi connectivity index (χ0) is 27.5. The highest BCUT2D eigenvalue weighted by atomic mass is 19.4. The molecule has 1 saturated carbocycles. The largest absolute Gasteiger partial charge is 0.416 e. The summed E-state index contributed by atoms with van der Waals surface area (Å²) in [4.78, 5) is 32.0. The summed E-state index contributed by atoms with van der Waals surface area (Å²) in [7, 11) is 0. The number of benzene rings is 1. The molecule has 1 N–H and O–H groups in total. The van der Waals surface area contributed by atoms with E-state index in [4.69, 9.17) is 0 Å². The van der Waals surface area contributed by atoms with Gasteiger partial charge in [0.25, 0.3) is 0 Å². The molecule has 8 heteroatoms. The Morgan fingerprint density at radius 2 is 1.82 bits per heavy atom. The van der Waals surface area contributed by atoms with Crippen LogP contribution in [-0.4, -0.2) is 39.3 Å². The molecular weight excluding hydrogens is 493 g/mol. The van der Waals surface area contributed by atoms with Gasteiger partial charge in [0.1, 0.15) is 5.60 Å². The van der Waals surface area contributed by atoms with Crippen LogP contribution < -0.4 is 0 Å². The average Bonchev–Trinajstić information content (AvgIpc) is 3.33. The number of aliphatic hydroxyl groups is 1. The molecule has 1 unspecified atom stereocenters. The second-order valence-electron chi connectivity index (χ2n) is 11.4. The number of carbonyl (C=O) groups excluding carboxylic acids is 2. The summed E-state index contributed by atoms with van der Waals surface area (Å²) in [6.45, 7) is 4.82. The number of carbonyl (C=O) groups is 2. The molecule has 2 atom stereocenters. The number of ketones is 1. The summed E-state index contributed by atoms with van der Waals surface area (Å²) >= 11 is 0. The maximum Gasteiger partial charge on any atom is 0.416 e. The Morgan fingerprint density at radius 1 is 1.08 bits per heavy atom. The van der Waals surface area contributed by atoms with E-state index in [-0.39, 0.29) is 36.3 Å². The number of aromatic nitrogens is 1. The molecule has 1 aliphatic heterocycles. The molecule has 0 bridgehead atoms. The van der Waals surface area contributed by atoms with Crippen LogP contribution in [0.4, 0.5) is 13.2 Å². The molecule has 0 radical (unpaired) electrons. The van der Waals surface area contributed by atoms with Crippen LogP contribution in [0.2, 0.25) is 0 Å². The van der Waals surface area contributed by atoms with Gasteiger partial charge in [-0.15, -0.1) is 0 Å². The predicted molar refractivity (Wildman–Crippen MR) is 138 cm³/mol. The first-order chi connectivity index (χ1) is 18.0. The second kappa shape index (κ2) is 11.6. The normalized spacial score (nSPS) is 26.1. The lowest BCUT2D eigenvalue weighted by Crippen LogP contribution is -2.38. The van der Waals surface area contributed by atoms with Gasteiger partial charge >= 0.3 is 6.18 Å². The van der Waals surface area contributed by atoms with Crippen molar-refractivity contribution in [2.75, 3.05) is 6.54 Å². The van der Waals surface area contributed by atoms with E-state index in [1.807, 2.05) is 23.1 Å². The van der Waals surface area contributed by atoms with E-state index in [0.29, 0.717) is 31.2 Å². The van der Waals surface area contributed by atoms with Gasteiger partial charge in [-0.2, -0.15) is 13.2 Å². The fraction of sp³-hybridized carbons (Fsp3) is 0.567. The Balaban J connectivity index is 1.31. The van der Waals surface area contributed by atoms with Crippen molar-refractivity contribution in [2.24, 2.45) is 17.8 Å². The van der Waals surface area contributed by atoms with Crippen LogP contribution in [0.15, 0.2) is 48.7 Å². The minimum absolute atomic E-state index is 0.00838. The maximum absolute atomic E-state index is 13.2. The fourth-order valence-electron chi connectivity index (χ4n) is 6.18. The smallest absolute Gasteiger partial charge is 0.384 e. The Bertz CT molecular complexity index is 1110. The van der Waals surface area contributed by atoms with Crippen molar-refractivity contribution in [2.45, 2.75) is 83.0 Å². The molecular formula is C30H37F3N2O3. The summed E-state index contributed by atoms with van der Waals surface area (Å²) in [5, 5.41) is 11.1. The second-order valence-corrected chi connectivity index (χ2v) is 11.4. The summed E-state index contributed by atoms with van der Waals surface area (Å²) in [5.74, 6) is 0.540. The van der Waals surface area contributed by atoms with E-state index in [9.17, 15) is 27.9 Å². The van der Waals surface area contributed by atoms with Crippen LogP contribution in [0.5, 0.6) is 0 Å². The van der Waals surface area contributed by atoms with Gasteiger partial charge in [0.2, 0.25) is 5.91 Å². The van der Waals surface area contributed by atoms with Gasteiger partial charge in [0.15, 0.2) is 5.78 Å². The van der Waals surface area contributed by atoms with Crippen LogP contribution in [0, 0.1) is 17.8 Å². The minimum Gasteiger partial charge on any atom is -0.384 e. The molecule has 1 aromatic carbocycles. The van der Waals surface area contributed by atoms with E-state index < -0.39 is 23.1 Å². The van der Waals surface area contributed by atoms with Crippen LogP contribution in [-0.2, 0) is 16.6 Å². The molecule has 1 saturated heterocycles.